The minimum absolute atomic E-state index is 0.173. The lowest BCUT2D eigenvalue weighted by Gasteiger charge is -2.24. The summed E-state index contributed by atoms with van der Waals surface area (Å²) in [5, 5.41) is 12.2. The third kappa shape index (κ3) is 2.68. The number of rotatable bonds is 2. The van der Waals surface area contributed by atoms with Crippen molar-refractivity contribution in [1.29, 1.82) is 0 Å². The first-order valence-electron chi connectivity index (χ1n) is 6.03. The molecule has 1 amide bonds. The fourth-order valence-corrected chi connectivity index (χ4v) is 2.08. The van der Waals surface area contributed by atoms with Crippen molar-refractivity contribution in [3.8, 4) is 0 Å². The molecule has 1 saturated heterocycles. The molecule has 2 N–H and O–H groups in total. The van der Waals surface area contributed by atoms with Crippen molar-refractivity contribution in [2.75, 3.05) is 24.6 Å². The van der Waals surface area contributed by atoms with E-state index in [0.717, 1.165) is 0 Å². The van der Waals surface area contributed by atoms with Crippen LogP contribution in [0.25, 0.3) is 0 Å². The molecule has 0 aliphatic carbocycles. The van der Waals surface area contributed by atoms with Gasteiger partial charge in [0.1, 0.15) is 11.9 Å². The summed E-state index contributed by atoms with van der Waals surface area (Å²) in [6.45, 7) is 3.03. The lowest BCUT2D eigenvalue weighted by Crippen LogP contribution is -2.45. The molecule has 2 unspecified atom stereocenters. The first-order valence-corrected chi connectivity index (χ1v) is 6.03. The molecule has 2 rings (SSSR count). The zero-order valence-corrected chi connectivity index (χ0v) is 10.3. The summed E-state index contributed by atoms with van der Waals surface area (Å²) in [4.78, 5) is 13.8. The Morgan fingerprint density at radius 2 is 2.11 bits per heavy atom. The van der Waals surface area contributed by atoms with E-state index in [-0.39, 0.29) is 24.2 Å². The van der Waals surface area contributed by atoms with Gasteiger partial charge < -0.3 is 15.3 Å². The van der Waals surface area contributed by atoms with E-state index in [1.54, 1.807) is 17.0 Å². The Bertz CT molecular complexity index is 422. The van der Waals surface area contributed by atoms with Crippen LogP contribution in [0.5, 0.6) is 0 Å². The molecule has 1 aromatic carbocycles. The fraction of sp³-hybridized carbons (Fsp3) is 0.462. The molecule has 0 radical (unpaired) electrons. The topological polar surface area (TPSA) is 52.6 Å². The van der Waals surface area contributed by atoms with E-state index in [0.29, 0.717) is 18.8 Å². The third-order valence-corrected chi connectivity index (χ3v) is 3.09. The van der Waals surface area contributed by atoms with Gasteiger partial charge in [-0.1, -0.05) is 6.92 Å². The highest BCUT2D eigenvalue weighted by atomic mass is 19.1. The Labute approximate surface area is 105 Å². The average Bonchev–Trinajstić information content (AvgIpc) is 2.50. The zero-order valence-electron chi connectivity index (χ0n) is 10.3. The smallest absolute Gasteiger partial charge is 0.246 e. The summed E-state index contributed by atoms with van der Waals surface area (Å²) in [6, 6.07) is 5.25. The number of aliphatic hydroxyl groups is 1. The number of benzene rings is 1. The molecule has 0 bridgehead atoms. The average molecular weight is 252 g/mol. The molecule has 0 saturated carbocycles. The fourth-order valence-electron chi connectivity index (χ4n) is 2.08. The van der Waals surface area contributed by atoms with Crippen LogP contribution in [-0.2, 0) is 4.79 Å². The number of hydrogen-bond donors (Lipinski definition) is 2. The Kier molecular flexibility index (Phi) is 3.93. The van der Waals surface area contributed by atoms with Crippen molar-refractivity contribution in [2.45, 2.75) is 13.0 Å². The van der Waals surface area contributed by atoms with Gasteiger partial charge in [0.15, 0.2) is 0 Å². The summed E-state index contributed by atoms with van der Waals surface area (Å²) in [7, 11) is 0. The van der Waals surface area contributed by atoms with Crippen molar-refractivity contribution in [3.63, 3.8) is 0 Å². The van der Waals surface area contributed by atoms with Crippen LogP contribution in [0.3, 0.4) is 0 Å². The second kappa shape index (κ2) is 5.46. The number of amides is 1. The monoisotopic (exact) mass is 252 g/mol. The number of nitrogens with one attached hydrogen (secondary N) is 1. The Hall–Kier alpha value is -1.46. The minimum Gasteiger partial charge on any atom is -0.394 e. The standard InChI is InChI=1S/C13H17FN2O2/c1-9-6-15-12(8-17)13(18)16(7-9)11-4-2-10(14)3-5-11/h2-5,9,12,15,17H,6-8H2,1H3. The summed E-state index contributed by atoms with van der Waals surface area (Å²) in [5.41, 5.74) is 0.662. The van der Waals surface area contributed by atoms with E-state index in [1.165, 1.54) is 12.1 Å². The lowest BCUT2D eigenvalue weighted by atomic mass is 10.1. The molecule has 18 heavy (non-hydrogen) atoms. The third-order valence-electron chi connectivity index (χ3n) is 3.09. The second-order valence-electron chi connectivity index (χ2n) is 4.67. The minimum atomic E-state index is -0.583. The van der Waals surface area contributed by atoms with Crippen molar-refractivity contribution in [1.82, 2.24) is 5.32 Å². The van der Waals surface area contributed by atoms with Crippen molar-refractivity contribution < 1.29 is 14.3 Å². The number of hydrogen-bond acceptors (Lipinski definition) is 3. The number of carbonyl (C=O) groups is 1. The number of nitrogens with zero attached hydrogens (tertiary/aromatic N) is 1. The largest absolute Gasteiger partial charge is 0.394 e. The number of carbonyl (C=O) groups excluding carboxylic acids is 1. The molecular weight excluding hydrogens is 235 g/mol. The van der Waals surface area contributed by atoms with Gasteiger partial charge in [0.25, 0.3) is 0 Å². The molecule has 1 heterocycles. The van der Waals surface area contributed by atoms with E-state index >= 15 is 0 Å². The molecule has 1 fully saturated rings. The van der Waals surface area contributed by atoms with Crippen LogP contribution in [-0.4, -0.2) is 36.8 Å². The van der Waals surface area contributed by atoms with Crippen LogP contribution in [0, 0.1) is 11.7 Å². The number of anilines is 1. The summed E-state index contributed by atoms with van der Waals surface area (Å²) in [6.07, 6.45) is 0. The zero-order chi connectivity index (χ0) is 13.1. The van der Waals surface area contributed by atoms with Gasteiger partial charge in [-0.3, -0.25) is 4.79 Å². The number of aliphatic hydroxyl groups excluding tert-OH is 1. The van der Waals surface area contributed by atoms with Gasteiger partial charge in [-0.25, -0.2) is 4.39 Å². The molecule has 0 aromatic heterocycles. The van der Waals surface area contributed by atoms with Crippen LogP contribution in [0.4, 0.5) is 10.1 Å². The highest BCUT2D eigenvalue weighted by Crippen LogP contribution is 2.19. The molecule has 98 valence electrons. The molecule has 4 nitrogen and oxygen atoms in total. The SMILES string of the molecule is CC1CNC(CO)C(=O)N(c2ccc(F)cc2)C1. The second-order valence-corrected chi connectivity index (χ2v) is 4.67. The first-order chi connectivity index (χ1) is 8.61. The summed E-state index contributed by atoms with van der Waals surface area (Å²) >= 11 is 0. The van der Waals surface area contributed by atoms with E-state index in [1.807, 2.05) is 6.92 Å². The molecule has 1 aliphatic rings. The molecule has 1 aromatic rings. The molecule has 1 aliphatic heterocycles. The lowest BCUT2D eigenvalue weighted by molar-refractivity contribution is -0.121. The van der Waals surface area contributed by atoms with Crippen molar-refractivity contribution >= 4 is 11.6 Å². The molecule has 0 spiro atoms. The normalized spacial score (nSPS) is 25.1. The maximum atomic E-state index is 12.9. The van der Waals surface area contributed by atoms with Gasteiger partial charge in [-0.2, -0.15) is 0 Å². The maximum absolute atomic E-state index is 12.9. The van der Waals surface area contributed by atoms with E-state index < -0.39 is 6.04 Å². The maximum Gasteiger partial charge on any atom is 0.246 e. The summed E-state index contributed by atoms with van der Waals surface area (Å²) in [5.74, 6) is -0.227. The van der Waals surface area contributed by atoms with Crippen LogP contribution < -0.4 is 10.2 Å². The van der Waals surface area contributed by atoms with Gasteiger partial charge in [-0.15, -0.1) is 0 Å². The van der Waals surface area contributed by atoms with Crippen molar-refractivity contribution in [3.05, 3.63) is 30.1 Å². The molecule has 5 heteroatoms. The van der Waals surface area contributed by atoms with Crippen molar-refractivity contribution in [2.24, 2.45) is 5.92 Å². The summed E-state index contributed by atoms with van der Waals surface area (Å²) < 4.78 is 12.9. The predicted octanol–water partition coefficient (Wildman–Crippen LogP) is 0.759. The van der Waals surface area contributed by atoms with E-state index in [9.17, 15) is 14.3 Å². The number of halogens is 1. The van der Waals surface area contributed by atoms with Crippen LogP contribution in [0.15, 0.2) is 24.3 Å². The molecular formula is C13H17FN2O2. The first kappa shape index (κ1) is 13.0. The Balaban J connectivity index is 2.27. The quantitative estimate of drug-likeness (QED) is 0.817. The van der Waals surface area contributed by atoms with Gasteiger partial charge >= 0.3 is 0 Å². The van der Waals surface area contributed by atoms with Gasteiger partial charge in [-0.05, 0) is 30.2 Å². The highest BCUT2D eigenvalue weighted by Gasteiger charge is 2.29. The van der Waals surface area contributed by atoms with E-state index in [2.05, 4.69) is 5.32 Å². The van der Waals surface area contributed by atoms with Gasteiger partial charge in [0, 0.05) is 18.8 Å². The van der Waals surface area contributed by atoms with Gasteiger partial charge in [0.2, 0.25) is 5.91 Å². The van der Waals surface area contributed by atoms with Crippen LogP contribution >= 0.6 is 0 Å². The Morgan fingerprint density at radius 3 is 2.72 bits per heavy atom. The predicted molar refractivity (Wildman–Crippen MR) is 66.8 cm³/mol. The molecule has 2 atom stereocenters. The van der Waals surface area contributed by atoms with Crippen LogP contribution in [0.2, 0.25) is 0 Å². The van der Waals surface area contributed by atoms with Crippen LogP contribution in [0.1, 0.15) is 6.92 Å². The van der Waals surface area contributed by atoms with Gasteiger partial charge in [0.05, 0.1) is 6.61 Å². The van der Waals surface area contributed by atoms with E-state index in [4.69, 9.17) is 0 Å². The highest BCUT2D eigenvalue weighted by molar-refractivity contribution is 5.97. The Morgan fingerprint density at radius 1 is 1.44 bits per heavy atom.